The fourth-order valence-corrected chi connectivity index (χ4v) is 1.00. The molecule has 5 N–H and O–H groups in total. The first kappa shape index (κ1) is 24.7. The van der Waals surface area contributed by atoms with E-state index in [2.05, 4.69) is 9.47 Å². The normalized spacial score (nSPS) is 11.0. The van der Waals surface area contributed by atoms with E-state index in [0.29, 0.717) is 19.3 Å². The molecule has 0 aliphatic heterocycles. The Morgan fingerprint density at radius 3 is 1.95 bits per heavy atom. The zero-order chi connectivity index (χ0) is 17.5. The molecule has 0 aliphatic carbocycles. The number of carbonyl (C=O) groups is 2. The minimum Gasteiger partial charge on any atom is -0.469 e. The maximum Gasteiger partial charge on any atom is 0.405 e. The van der Waals surface area contributed by atoms with Gasteiger partial charge in [0.1, 0.15) is 5.60 Å². The zero-order valence-corrected chi connectivity index (χ0v) is 14.1. The van der Waals surface area contributed by atoms with E-state index in [-0.39, 0.29) is 18.6 Å². The Balaban J connectivity index is -0.000000286. The predicted octanol–water partition coefficient (Wildman–Crippen LogP) is 1.56. The summed E-state index contributed by atoms with van der Waals surface area (Å²) in [5, 5.41) is 8.52. The summed E-state index contributed by atoms with van der Waals surface area (Å²) in [4.78, 5) is 20.6. The number of hydrogen-bond acceptors (Lipinski definition) is 6. The molecule has 1 atom stereocenters. The van der Waals surface area contributed by atoms with Crippen molar-refractivity contribution < 1.29 is 24.2 Å². The van der Waals surface area contributed by atoms with Gasteiger partial charge < -0.3 is 26.0 Å². The van der Waals surface area contributed by atoms with Crippen molar-refractivity contribution in [1.29, 1.82) is 0 Å². The molecule has 0 bridgehead atoms. The molecule has 0 aromatic heterocycles. The first-order valence-corrected chi connectivity index (χ1v) is 7.04. The first-order chi connectivity index (χ1) is 9.62. The monoisotopic (exact) mass is 308 g/mol. The third-order valence-electron chi connectivity index (χ3n) is 1.82. The van der Waals surface area contributed by atoms with E-state index < -0.39 is 11.7 Å². The third-order valence-corrected chi connectivity index (χ3v) is 1.82. The zero-order valence-electron chi connectivity index (χ0n) is 14.1. The Bertz CT molecular complexity index is 265. The van der Waals surface area contributed by atoms with E-state index in [1.165, 1.54) is 7.11 Å². The van der Waals surface area contributed by atoms with Crippen molar-refractivity contribution in [2.24, 2.45) is 11.5 Å². The van der Waals surface area contributed by atoms with E-state index in [4.69, 9.17) is 16.6 Å². The number of nitrogens with two attached hydrogens (primary N) is 2. The molecular formula is C14H32N2O5. The number of aliphatic hydroxyl groups is 1. The van der Waals surface area contributed by atoms with Crippen molar-refractivity contribution in [3.8, 4) is 0 Å². The van der Waals surface area contributed by atoms with E-state index >= 15 is 0 Å². The van der Waals surface area contributed by atoms with Gasteiger partial charge in [-0.25, -0.2) is 4.79 Å². The Labute approximate surface area is 128 Å². The van der Waals surface area contributed by atoms with Gasteiger partial charge >= 0.3 is 12.1 Å². The smallest absolute Gasteiger partial charge is 0.405 e. The summed E-state index contributed by atoms with van der Waals surface area (Å²) >= 11 is 0. The van der Waals surface area contributed by atoms with E-state index in [0.717, 1.165) is 0 Å². The van der Waals surface area contributed by atoms with Crippen molar-refractivity contribution in [3.05, 3.63) is 0 Å². The molecule has 0 saturated carbocycles. The maximum atomic E-state index is 10.6. The number of methoxy groups -OCH3 is 1. The van der Waals surface area contributed by atoms with Crippen molar-refractivity contribution in [2.75, 3.05) is 13.7 Å². The average molecular weight is 308 g/mol. The van der Waals surface area contributed by atoms with Crippen LogP contribution in [-0.4, -0.2) is 42.5 Å². The fraction of sp³-hybridized carbons (Fsp3) is 0.857. The summed E-state index contributed by atoms with van der Waals surface area (Å²) in [6, 6.07) is -0.209. The lowest BCUT2D eigenvalue weighted by Gasteiger charge is -2.16. The van der Waals surface area contributed by atoms with Gasteiger partial charge in [-0.3, -0.25) is 4.79 Å². The highest BCUT2D eigenvalue weighted by Gasteiger charge is 2.12. The standard InChI is InChI=1S/C7H15NO3.C5H11NO2.C2H6/c1-11-7(10)4-2-3-6(8)5-9;1-5(2,3)8-4(6)7;1-2/h6,9H,2-5,8H2,1H3;1-3H3,(H2,6,7);1-2H3. The van der Waals surface area contributed by atoms with Gasteiger partial charge in [0.25, 0.3) is 0 Å². The van der Waals surface area contributed by atoms with E-state index in [9.17, 15) is 9.59 Å². The molecule has 7 nitrogen and oxygen atoms in total. The lowest BCUT2D eigenvalue weighted by molar-refractivity contribution is -0.140. The maximum absolute atomic E-state index is 10.6. The van der Waals surface area contributed by atoms with Gasteiger partial charge in [0.2, 0.25) is 0 Å². The molecule has 0 aromatic rings. The predicted molar refractivity (Wildman–Crippen MR) is 82.7 cm³/mol. The number of primary amides is 1. The number of ether oxygens (including phenoxy) is 2. The van der Waals surface area contributed by atoms with Crippen molar-refractivity contribution in [2.45, 2.75) is 65.5 Å². The van der Waals surface area contributed by atoms with Crippen molar-refractivity contribution in [1.82, 2.24) is 0 Å². The largest absolute Gasteiger partial charge is 0.469 e. The highest BCUT2D eigenvalue weighted by Crippen LogP contribution is 2.04. The SMILES string of the molecule is CC.CC(C)(C)OC(N)=O.COC(=O)CCCC(N)CO. The molecule has 0 fully saturated rings. The van der Waals surface area contributed by atoms with Gasteiger partial charge in [0.05, 0.1) is 13.7 Å². The molecule has 1 amide bonds. The van der Waals surface area contributed by atoms with Crippen LogP contribution in [0.3, 0.4) is 0 Å². The van der Waals surface area contributed by atoms with Gasteiger partial charge in [-0.05, 0) is 33.6 Å². The van der Waals surface area contributed by atoms with Gasteiger partial charge in [-0.1, -0.05) is 13.8 Å². The topological polar surface area (TPSA) is 125 Å². The molecule has 0 heterocycles. The molecule has 0 spiro atoms. The second-order valence-corrected chi connectivity index (χ2v) is 4.94. The van der Waals surface area contributed by atoms with Crippen LogP contribution < -0.4 is 11.5 Å². The van der Waals surface area contributed by atoms with Crippen LogP contribution in [0.1, 0.15) is 53.9 Å². The van der Waals surface area contributed by atoms with Crippen LogP contribution in [0.15, 0.2) is 0 Å². The van der Waals surface area contributed by atoms with Gasteiger partial charge in [0, 0.05) is 12.5 Å². The lowest BCUT2D eigenvalue weighted by Crippen LogP contribution is -2.27. The molecule has 7 heteroatoms. The second kappa shape index (κ2) is 15.1. The summed E-state index contributed by atoms with van der Waals surface area (Å²) < 4.78 is 9.00. The molecule has 0 aliphatic rings. The van der Waals surface area contributed by atoms with Crippen LogP contribution in [0.4, 0.5) is 4.79 Å². The minimum atomic E-state index is -0.725. The number of esters is 1. The molecule has 0 radical (unpaired) electrons. The molecule has 0 rings (SSSR count). The minimum absolute atomic E-state index is 0.0266. The van der Waals surface area contributed by atoms with Gasteiger partial charge in [-0.2, -0.15) is 0 Å². The van der Waals surface area contributed by atoms with Gasteiger partial charge in [-0.15, -0.1) is 0 Å². The summed E-state index contributed by atoms with van der Waals surface area (Å²) in [5.41, 5.74) is 9.66. The summed E-state index contributed by atoms with van der Waals surface area (Å²) in [6.45, 7) is 9.26. The van der Waals surface area contributed by atoms with Crippen LogP contribution >= 0.6 is 0 Å². The Morgan fingerprint density at radius 1 is 1.24 bits per heavy atom. The first-order valence-electron chi connectivity index (χ1n) is 7.04. The Kier molecular flexibility index (Phi) is 17.7. The van der Waals surface area contributed by atoms with Gasteiger partial charge in [0.15, 0.2) is 0 Å². The Hall–Kier alpha value is -1.34. The number of rotatable bonds is 5. The third kappa shape index (κ3) is 27.8. The number of amides is 1. The van der Waals surface area contributed by atoms with E-state index in [1.807, 2.05) is 13.8 Å². The molecule has 0 aromatic carbocycles. The van der Waals surface area contributed by atoms with Crippen LogP contribution in [0, 0.1) is 0 Å². The summed E-state index contributed by atoms with van der Waals surface area (Å²) in [5.74, 6) is -0.227. The number of carbonyl (C=O) groups excluding carboxylic acids is 2. The highest BCUT2D eigenvalue weighted by molar-refractivity contribution is 5.69. The quantitative estimate of drug-likeness (QED) is 0.662. The average Bonchev–Trinajstić information content (AvgIpc) is 2.38. The number of aliphatic hydroxyl groups excluding tert-OH is 1. The molecule has 128 valence electrons. The fourth-order valence-electron chi connectivity index (χ4n) is 1.00. The van der Waals surface area contributed by atoms with Crippen molar-refractivity contribution in [3.63, 3.8) is 0 Å². The Morgan fingerprint density at radius 2 is 1.71 bits per heavy atom. The summed E-state index contributed by atoms with van der Waals surface area (Å²) in [6.07, 6.45) is 0.988. The van der Waals surface area contributed by atoms with Crippen molar-refractivity contribution >= 4 is 12.1 Å². The molecule has 0 saturated heterocycles. The van der Waals surface area contributed by atoms with Crippen LogP contribution in [0.2, 0.25) is 0 Å². The van der Waals surface area contributed by atoms with Crippen LogP contribution in [0.25, 0.3) is 0 Å². The highest BCUT2D eigenvalue weighted by atomic mass is 16.6. The summed E-state index contributed by atoms with van der Waals surface area (Å²) in [7, 11) is 1.36. The lowest BCUT2D eigenvalue weighted by atomic mass is 10.1. The van der Waals surface area contributed by atoms with Crippen LogP contribution in [-0.2, 0) is 14.3 Å². The molecule has 1 unspecified atom stereocenters. The van der Waals surface area contributed by atoms with Crippen LogP contribution in [0.5, 0.6) is 0 Å². The molecular weight excluding hydrogens is 276 g/mol. The van der Waals surface area contributed by atoms with E-state index in [1.54, 1.807) is 20.8 Å². The molecule has 21 heavy (non-hydrogen) atoms. The number of hydrogen-bond donors (Lipinski definition) is 3. The second-order valence-electron chi connectivity index (χ2n) is 4.94.